The van der Waals surface area contributed by atoms with Crippen LogP contribution in [-0.4, -0.2) is 54.5 Å². The molecular formula is C29H28N2O6. The maximum Gasteiger partial charge on any atom is 0.411 e. The summed E-state index contributed by atoms with van der Waals surface area (Å²) in [5.74, 6) is -1.30. The van der Waals surface area contributed by atoms with E-state index in [1.165, 1.54) is 13.1 Å². The molecule has 0 saturated carbocycles. The first-order valence-electron chi connectivity index (χ1n) is 11.8. The molecule has 1 aliphatic rings. The summed E-state index contributed by atoms with van der Waals surface area (Å²) in [5.41, 5.74) is 5.43. The van der Waals surface area contributed by atoms with E-state index in [9.17, 15) is 19.5 Å². The van der Waals surface area contributed by atoms with Crippen molar-refractivity contribution in [3.05, 3.63) is 102 Å². The number of anilines is 1. The molecule has 37 heavy (non-hydrogen) atoms. The number of benzene rings is 3. The largest absolute Gasteiger partial charge is 0.480 e. The van der Waals surface area contributed by atoms with E-state index in [-0.39, 0.29) is 25.6 Å². The number of aliphatic carboxylic acids is 1. The van der Waals surface area contributed by atoms with Gasteiger partial charge in [-0.1, -0.05) is 73.3 Å². The first kappa shape index (κ1) is 25.5. The van der Waals surface area contributed by atoms with Crippen LogP contribution in [0.2, 0.25) is 0 Å². The van der Waals surface area contributed by atoms with Crippen molar-refractivity contribution in [2.45, 2.75) is 18.4 Å². The number of fused-ring (bicyclic) bond motifs is 3. The second-order valence-electron chi connectivity index (χ2n) is 8.69. The van der Waals surface area contributed by atoms with Crippen molar-refractivity contribution in [1.82, 2.24) is 4.90 Å². The smallest absolute Gasteiger partial charge is 0.411 e. The molecule has 8 heteroatoms. The van der Waals surface area contributed by atoms with Gasteiger partial charge in [0, 0.05) is 25.1 Å². The number of carboxylic acid groups (broad SMARTS) is 1. The van der Waals surface area contributed by atoms with Gasteiger partial charge in [-0.15, -0.1) is 0 Å². The predicted octanol–water partition coefficient (Wildman–Crippen LogP) is 5.30. The molecule has 0 saturated heterocycles. The Labute approximate surface area is 215 Å². The zero-order chi connectivity index (χ0) is 26.4. The standard InChI is InChI=1S/C29H28N2O6/c1-3-15-36-28(34)30-20-10-8-9-19(16-20)17-26(27(32)33)31(2)29(35)37-18-25-23-13-6-4-11-21(23)22-12-5-7-14-24(22)25/h3-14,16,25-26H,1,15,17-18H2,2H3,(H,30,34)(H,32,33)/t26-/m0/s1. The highest BCUT2D eigenvalue weighted by molar-refractivity contribution is 5.85. The fourth-order valence-electron chi connectivity index (χ4n) is 4.50. The third-order valence-corrected chi connectivity index (χ3v) is 6.31. The molecule has 1 atom stereocenters. The summed E-state index contributed by atoms with van der Waals surface area (Å²) in [6.07, 6.45) is 0.0963. The normalized spacial score (nSPS) is 12.6. The summed E-state index contributed by atoms with van der Waals surface area (Å²) in [6.45, 7) is 3.65. The van der Waals surface area contributed by atoms with Gasteiger partial charge in [-0.05, 0) is 39.9 Å². The molecule has 0 heterocycles. The summed E-state index contributed by atoms with van der Waals surface area (Å²) in [7, 11) is 1.41. The highest BCUT2D eigenvalue weighted by atomic mass is 16.6. The van der Waals surface area contributed by atoms with Gasteiger partial charge in [-0.25, -0.2) is 14.4 Å². The highest BCUT2D eigenvalue weighted by Crippen LogP contribution is 2.44. The molecule has 1 aliphatic carbocycles. The Balaban J connectivity index is 1.42. The van der Waals surface area contributed by atoms with E-state index in [0.29, 0.717) is 11.3 Å². The third kappa shape index (κ3) is 5.81. The summed E-state index contributed by atoms with van der Waals surface area (Å²) in [6, 6.07) is 21.5. The first-order chi connectivity index (χ1) is 17.9. The van der Waals surface area contributed by atoms with Gasteiger partial charge < -0.3 is 14.6 Å². The van der Waals surface area contributed by atoms with Crippen molar-refractivity contribution in [3.8, 4) is 11.1 Å². The van der Waals surface area contributed by atoms with E-state index in [4.69, 9.17) is 9.47 Å². The Morgan fingerprint density at radius 1 is 1.00 bits per heavy atom. The lowest BCUT2D eigenvalue weighted by molar-refractivity contribution is -0.142. The van der Waals surface area contributed by atoms with Crippen molar-refractivity contribution < 1.29 is 29.0 Å². The number of likely N-dealkylation sites (N-methyl/N-ethyl adjacent to an activating group) is 1. The first-order valence-corrected chi connectivity index (χ1v) is 11.8. The maximum atomic E-state index is 12.9. The molecule has 0 radical (unpaired) electrons. The van der Waals surface area contributed by atoms with Gasteiger partial charge in [0.15, 0.2) is 0 Å². The number of ether oxygens (including phenoxy) is 2. The van der Waals surface area contributed by atoms with Gasteiger partial charge in [0.05, 0.1) is 0 Å². The number of carbonyl (C=O) groups excluding carboxylic acids is 2. The Kier molecular flexibility index (Phi) is 7.88. The van der Waals surface area contributed by atoms with Crippen LogP contribution in [0.15, 0.2) is 85.5 Å². The van der Waals surface area contributed by atoms with Crippen LogP contribution in [0.25, 0.3) is 11.1 Å². The van der Waals surface area contributed by atoms with E-state index < -0.39 is 24.2 Å². The Hall–Kier alpha value is -4.59. The molecule has 0 bridgehead atoms. The molecule has 8 nitrogen and oxygen atoms in total. The molecule has 0 fully saturated rings. The summed E-state index contributed by atoms with van der Waals surface area (Å²) < 4.78 is 10.5. The number of carbonyl (C=O) groups is 3. The van der Waals surface area contributed by atoms with Crippen molar-refractivity contribution in [3.63, 3.8) is 0 Å². The van der Waals surface area contributed by atoms with Crippen molar-refractivity contribution in [2.75, 3.05) is 25.6 Å². The van der Waals surface area contributed by atoms with Crippen molar-refractivity contribution >= 4 is 23.8 Å². The maximum absolute atomic E-state index is 12.9. The number of nitrogens with one attached hydrogen (secondary N) is 1. The van der Waals surface area contributed by atoms with E-state index in [1.54, 1.807) is 24.3 Å². The van der Waals surface area contributed by atoms with Crippen LogP contribution in [-0.2, 0) is 20.7 Å². The fourth-order valence-corrected chi connectivity index (χ4v) is 4.50. The van der Waals surface area contributed by atoms with Crippen LogP contribution in [0, 0.1) is 0 Å². The Morgan fingerprint density at radius 3 is 2.27 bits per heavy atom. The molecule has 0 unspecified atom stereocenters. The number of nitrogens with zero attached hydrogens (tertiary/aromatic N) is 1. The average molecular weight is 501 g/mol. The van der Waals surface area contributed by atoms with Gasteiger partial charge in [0.25, 0.3) is 0 Å². The monoisotopic (exact) mass is 500 g/mol. The zero-order valence-corrected chi connectivity index (χ0v) is 20.4. The van der Waals surface area contributed by atoms with Gasteiger partial charge in [-0.2, -0.15) is 0 Å². The summed E-state index contributed by atoms with van der Waals surface area (Å²) in [5, 5.41) is 12.4. The molecule has 4 rings (SSSR count). The van der Waals surface area contributed by atoms with Crippen LogP contribution in [0.5, 0.6) is 0 Å². The van der Waals surface area contributed by atoms with Crippen LogP contribution in [0.1, 0.15) is 22.6 Å². The second-order valence-corrected chi connectivity index (χ2v) is 8.69. The molecule has 0 spiro atoms. The van der Waals surface area contributed by atoms with E-state index in [1.807, 2.05) is 48.5 Å². The van der Waals surface area contributed by atoms with E-state index in [2.05, 4.69) is 11.9 Å². The lowest BCUT2D eigenvalue weighted by Crippen LogP contribution is -2.44. The molecule has 3 aromatic carbocycles. The molecule has 0 aliphatic heterocycles. The highest BCUT2D eigenvalue weighted by Gasteiger charge is 2.32. The molecule has 3 aromatic rings. The molecule has 190 valence electrons. The minimum absolute atomic E-state index is 0.0211. The van der Waals surface area contributed by atoms with Gasteiger partial charge in [-0.3, -0.25) is 10.2 Å². The number of carboxylic acids is 1. The quantitative estimate of drug-likeness (QED) is 0.387. The Bertz CT molecular complexity index is 1280. The molecule has 2 amide bonds. The van der Waals surface area contributed by atoms with Crippen LogP contribution >= 0.6 is 0 Å². The lowest BCUT2D eigenvalue weighted by atomic mass is 9.98. The Morgan fingerprint density at radius 2 is 1.65 bits per heavy atom. The zero-order valence-electron chi connectivity index (χ0n) is 20.4. The van der Waals surface area contributed by atoms with Crippen LogP contribution < -0.4 is 5.32 Å². The number of amides is 2. The van der Waals surface area contributed by atoms with E-state index >= 15 is 0 Å². The second kappa shape index (κ2) is 11.4. The SMILES string of the molecule is C=CCOC(=O)Nc1cccc(C[C@@H](C(=O)O)N(C)C(=O)OCC2c3ccccc3-c3ccccc32)c1. The number of rotatable bonds is 9. The van der Waals surface area contributed by atoms with Crippen molar-refractivity contribution in [2.24, 2.45) is 0 Å². The van der Waals surface area contributed by atoms with Gasteiger partial charge in [0.2, 0.25) is 0 Å². The number of hydrogen-bond donors (Lipinski definition) is 2. The third-order valence-electron chi connectivity index (χ3n) is 6.31. The molecule has 0 aromatic heterocycles. The fraction of sp³-hybridized carbons (Fsp3) is 0.207. The average Bonchev–Trinajstić information content (AvgIpc) is 3.22. The molecular weight excluding hydrogens is 472 g/mol. The van der Waals surface area contributed by atoms with Crippen LogP contribution in [0.4, 0.5) is 15.3 Å². The van der Waals surface area contributed by atoms with Gasteiger partial charge in [0.1, 0.15) is 19.3 Å². The summed E-state index contributed by atoms with van der Waals surface area (Å²) in [4.78, 5) is 37.9. The van der Waals surface area contributed by atoms with Crippen molar-refractivity contribution in [1.29, 1.82) is 0 Å². The minimum Gasteiger partial charge on any atom is -0.480 e. The van der Waals surface area contributed by atoms with Gasteiger partial charge >= 0.3 is 18.2 Å². The van der Waals surface area contributed by atoms with E-state index in [0.717, 1.165) is 27.2 Å². The lowest BCUT2D eigenvalue weighted by Gasteiger charge is -2.25. The summed E-state index contributed by atoms with van der Waals surface area (Å²) >= 11 is 0. The molecule has 2 N–H and O–H groups in total. The number of hydrogen-bond acceptors (Lipinski definition) is 5. The van der Waals surface area contributed by atoms with Crippen LogP contribution in [0.3, 0.4) is 0 Å². The minimum atomic E-state index is -1.17. The predicted molar refractivity (Wildman–Crippen MR) is 140 cm³/mol. The topological polar surface area (TPSA) is 105 Å².